The molecule has 0 atom stereocenters. The first-order valence-corrected chi connectivity index (χ1v) is 6.34. The Labute approximate surface area is 100 Å². The van der Waals surface area contributed by atoms with Crippen LogP contribution in [0, 0.1) is 0 Å². The third kappa shape index (κ3) is 5.95. The van der Waals surface area contributed by atoms with Crippen molar-refractivity contribution in [2.24, 2.45) is 10.8 Å². The van der Waals surface area contributed by atoms with Gasteiger partial charge in [-0.25, -0.2) is 10.8 Å². The van der Waals surface area contributed by atoms with Crippen LogP contribution in [0.3, 0.4) is 0 Å². The van der Waals surface area contributed by atoms with Crippen molar-refractivity contribution in [3.05, 3.63) is 0 Å². The molecule has 0 aliphatic rings. The van der Waals surface area contributed by atoms with Crippen molar-refractivity contribution in [3.8, 4) is 0 Å². The monoisotopic (exact) mass is 228 g/mol. The first-order chi connectivity index (χ1) is 7.52. The van der Waals surface area contributed by atoms with Crippen LogP contribution in [0.25, 0.3) is 0 Å². The van der Waals surface area contributed by atoms with Gasteiger partial charge in [0.2, 0.25) is 5.96 Å². The number of nitrogens with one attached hydrogen (secondary N) is 1. The number of hydrogen-bond donors (Lipinski definition) is 2. The number of unbranched alkanes of at least 4 members (excludes halogenated alkanes) is 2. The third-order valence-electron chi connectivity index (χ3n) is 2.41. The number of hydrogen-bond acceptors (Lipinski definition) is 2. The molecule has 0 aliphatic carbocycles. The summed E-state index contributed by atoms with van der Waals surface area (Å²) in [5, 5.41) is 0. The SMILES string of the molecule is CCCCCN(C(=NC(C)C)NN)C(C)C. The van der Waals surface area contributed by atoms with Gasteiger partial charge in [0, 0.05) is 18.6 Å². The quantitative estimate of drug-likeness (QED) is 0.241. The molecule has 0 amide bonds. The molecular weight excluding hydrogens is 200 g/mol. The fourth-order valence-corrected chi connectivity index (χ4v) is 1.58. The molecule has 16 heavy (non-hydrogen) atoms. The van der Waals surface area contributed by atoms with Gasteiger partial charge in [0.15, 0.2) is 0 Å². The molecule has 0 saturated carbocycles. The lowest BCUT2D eigenvalue weighted by Crippen LogP contribution is -2.48. The molecule has 3 N–H and O–H groups in total. The van der Waals surface area contributed by atoms with Gasteiger partial charge < -0.3 is 4.90 Å². The molecule has 0 bridgehead atoms. The van der Waals surface area contributed by atoms with Crippen molar-refractivity contribution < 1.29 is 0 Å². The van der Waals surface area contributed by atoms with Crippen molar-refractivity contribution in [2.75, 3.05) is 6.54 Å². The van der Waals surface area contributed by atoms with Gasteiger partial charge in [-0.3, -0.25) is 5.43 Å². The van der Waals surface area contributed by atoms with E-state index in [-0.39, 0.29) is 6.04 Å². The van der Waals surface area contributed by atoms with Crippen LogP contribution in [-0.4, -0.2) is 29.5 Å². The van der Waals surface area contributed by atoms with Gasteiger partial charge in [-0.2, -0.15) is 0 Å². The van der Waals surface area contributed by atoms with E-state index in [1.165, 1.54) is 19.3 Å². The molecule has 96 valence electrons. The molecule has 0 aromatic rings. The van der Waals surface area contributed by atoms with Crippen molar-refractivity contribution in [1.29, 1.82) is 0 Å². The van der Waals surface area contributed by atoms with Gasteiger partial charge in [0.1, 0.15) is 0 Å². The van der Waals surface area contributed by atoms with Gasteiger partial charge in [-0.05, 0) is 34.1 Å². The van der Waals surface area contributed by atoms with Crippen LogP contribution in [0.5, 0.6) is 0 Å². The van der Waals surface area contributed by atoms with Crippen LogP contribution in [0.1, 0.15) is 53.9 Å². The number of aliphatic imine (C=N–C) groups is 1. The van der Waals surface area contributed by atoms with Gasteiger partial charge in [0.05, 0.1) is 0 Å². The molecule has 0 aromatic heterocycles. The number of hydrazine groups is 1. The maximum atomic E-state index is 5.54. The highest BCUT2D eigenvalue weighted by molar-refractivity contribution is 5.79. The zero-order valence-electron chi connectivity index (χ0n) is 11.5. The summed E-state index contributed by atoms with van der Waals surface area (Å²) >= 11 is 0. The Morgan fingerprint density at radius 3 is 2.25 bits per heavy atom. The summed E-state index contributed by atoms with van der Waals surface area (Å²) in [6, 6.07) is 0.684. The van der Waals surface area contributed by atoms with Gasteiger partial charge in [0.25, 0.3) is 0 Å². The first-order valence-electron chi connectivity index (χ1n) is 6.34. The largest absolute Gasteiger partial charge is 0.339 e. The zero-order valence-corrected chi connectivity index (χ0v) is 11.5. The van der Waals surface area contributed by atoms with E-state index < -0.39 is 0 Å². The summed E-state index contributed by atoms with van der Waals surface area (Å²) in [6.07, 6.45) is 3.68. The van der Waals surface area contributed by atoms with Gasteiger partial charge in [-0.15, -0.1) is 0 Å². The molecule has 0 aliphatic heterocycles. The summed E-state index contributed by atoms with van der Waals surface area (Å²) in [5.74, 6) is 6.35. The van der Waals surface area contributed by atoms with Crippen molar-refractivity contribution in [2.45, 2.75) is 66.0 Å². The van der Waals surface area contributed by atoms with Crippen molar-refractivity contribution in [3.63, 3.8) is 0 Å². The fourth-order valence-electron chi connectivity index (χ4n) is 1.58. The molecule has 0 aromatic carbocycles. The molecular formula is C12H28N4. The maximum Gasteiger partial charge on any atom is 0.208 e. The predicted molar refractivity (Wildman–Crippen MR) is 71.3 cm³/mol. The Morgan fingerprint density at radius 2 is 1.88 bits per heavy atom. The topological polar surface area (TPSA) is 53.6 Å². The lowest BCUT2D eigenvalue weighted by atomic mass is 10.2. The average Bonchev–Trinajstić information content (AvgIpc) is 2.21. The third-order valence-corrected chi connectivity index (χ3v) is 2.41. The highest BCUT2D eigenvalue weighted by Gasteiger charge is 2.13. The Hall–Kier alpha value is -0.770. The lowest BCUT2D eigenvalue weighted by molar-refractivity contribution is 0.327. The average molecular weight is 228 g/mol. The van der Waals surface area contributed by atoms with Gasteiger partial charge >= 0.3 is 0 Å². The van der Waals surface area contributed by atoms with Crippen LogP contribution in [0.15, 0.2) is 4.99 Å². The van der Waals surface area contributed by atoms with E-state index in [4.69, 9.17) is 5.84 Å². The van der Waals surface area contributed by atoms with Crippen molar-refractivity contribution in [1.82, 2.24) is 10.3 Å². The molecule has 0 rings (SSSR count). The number of nitrogens with zero attached hydrogens (tertiary/aromatic N) is 2. The van der Waals surface area contributed by atoms with E-state index in [0.29, 0.717) is 6.04 Å². The smallest absolute Gasteiger partial charge is 0.208 e. The second-order valence-electron chi connectivity index (χ2n) is 4.69. The zero-order chi connectivity index (χ0) is 12.6. The summed E-state index contributed by atoms with van der Waals surface area (Å²) in [4.78, 5) is 6.73. The lowest BCUT2D eigenvalue weighted by Gasteiger charge is -2.29. The van der Waals surface area contributed by atoms with Crippen LogP contribution in [0.2, 0.25) is 0 Å². The summed E-state index contributed by atoms with van der Waals surface area (Å²) in [6.45, 7) is 11.7. The molecule has 0 radical (unpaired) electrons. The van der Waals surface area contributed by atoms with E-state index in [2.05, 4.69) is 49.9 Å². The minimum absolute atomic E-state index is 0.262. The van der Waals surface area contributed by atoms with Crippen LogP contribution < -0.4 is 11.3 Å². The fraction of sp³-hybridized carbons (Fsp3) is 0.917. The summed E-state index contributed by atoms with van der Waals surface area (Å²) in [7, 11) is 0. The first kappa shape index (κ1) is 15.2. The van der Waals surface area contributed by atoms with Crippen LogP contribution in [0.4, 0.5) is 0 Å². The molecule has 0 saturated heterocycles. The normalized spacial score (nSPS) is 12.4. The standard InChI is InChI=1S/C12H28N4/c1-6-7-8-9-16(11(4)5)12(15-13)14-10(2)3/h10-11H,6-9,13H2,1-5H3,(H,14,15). The van der Waals surface area contributed by atoms with E-state index in [0.717, 1.165) is 12.5 Å². The highest BCUT2D eigenvalue weighted by atomic mass is 15.4. The number of nitrogens with two attached hydrogens (primary N) is 1. The summed E-state index contributed by atoms with van der Waals surface area (Å²) in [5.41, 5.74) is 2.72. The van der Waals surface area contributed by atoms with Crippen LogP contribution in [-0.2, 0) is 0 Å². The minimum atomic E-state index is 0.262. The Kier molecular flexibility index (Phi) is 7.99. The molecule has 0 fully saturated rings. The molecule has 4 heteroatoms. The highest BCUT2D eigenvalue weighted by Crippen LogP contribution is 2.04. The van der Waals surface area contributed by atoms with Crippen molar-refractivity contribution >= 4 is 5.96 Å². The van der Waals surface area contributed by atoms with E-state index in [1.807, 2.05) is 0 Å². The van der Waals surface area contributed by atoms with E-state index in [1.54, 1.807) is 0 Å². The Balaban J connectivity index is 4.47. The van der Waals surface area contributed by atoms with E-state index >= 15 is 0 Å². The van der Waals surface area contributed by atoms with E-state index in [9.17, 15) is 0 Å². The molecule has 0 heterocycles. The van der Waals surface area contributed by atoms with Crippen LogP contribution >= 0.6 is 0 Å². The maximum absolute atomic E-state index is 5.54. The Morgan fingerprint density at radius 1 is 1.25 bits per heavy atom. The molecule has 0 spiro atoms. The second-order valence-corrected chi connectivity index (χ2v) is 4.69. The second kappa shape index (κ2) is 8.39. The molecule has 0 unspecified atom stereocenters. The predicted octanol–water partition coefficient (Wildman–Crippen LogP) is 2.11. The Bertz CT molecular complexity index is 199. The summed E-state index contributed by atoms with van der Waals surface area (Å²) < 4.78 is 0. The minimum Gasteiger partial charge on any atom is -0.339 e. The number of rotatable bonds is 6. The molecule has 4 nitrogen and oxygen atoms in total. The number of guanidine groups is 1. The van der Waals surface area contributed by atoms with Gasteiger partial charge in [-0.1, -0.05) is 19.8 Å².